The van der Waals surface area contributed by atoms with Gasteiger partial charge in [0.2, 0.25) is 0 Å². The first-order valence-electron chi connectivity index (χ1n) is 14.0. The van der Waals surface area contributed by atoms with Gasteiger partial charge in [-0.25, -0.2) is 19.2 Å². The number of esters is 4. The van der Waals surface area contributed by atoms with E-state index in [1.807, 2.05) is 0 Å². The van der Waals surface area contributed by atoms with Crippen LogP contribution in [0.4, 0.5) is 11.4 Å². The van der Waals surface area contributed by atoms with Crippen LogP contribution >= 0.6 is 0 Å². The minimum absolute atomic E-state index is 0.0276. The number of hydrogen-bond acceptors (Lipinski definition) is 14. The number of carbonyl (C=O) groups is 8. The van der Waals surface area contributed by atoms with Crippen LogP contribution in [0, 0.1) is 0 Å². The summed E-state index contributed by atoms with van der Waals surface area (Å²) in [5.74, 6) is -8.41. The Labute approximate surface area is 272 Å². The highest BCUT2D eigenvalue weighted by atomic mass is 16.6. The molecule has 48 heavy (non-hydrogen) atoms. The Kier molecular flexibility index (Phi) is 15.3. The summed E-state index contributed by atoms with van der Waals surface area (Å²) in [5, 5.41) is 35.8. The van der Waals surface area contributed by atoms with E-state index in [0.29, 0.717) is 0 Å². The second-order valence-corrected chi connectivity index (χ2v) is 9.68. The van der Waals surface area contributed by atoms with Crippen molar-refractivity contribution in [1.29, 1.82) is 0 Å². The lowest BCUT2D eigenvalue weighted by Crippen LogP contribution is -2.34. The molecule has 0 bridgehead atoms. The lowest BCUT2D eigenvalue weighted by atomic mass is 10.2. The van der Waals surface area contributed by atoms with Gasteiger partial charge in [0.15, 0.2) is 13.2 Å². The molecule has 2 aromatic rings. The Balaban J connectivity index is 1.63. The van der Waals surface area contributed by atoms with E-state index in [0.717, 1.165) is 9.80 Å². The van der Waals surface area contributed by atoms with Gasteiger partial charge in [0.1, 0.15) is 26.2 Å². The summed E-state index contributed by atoms with van der Waals surface area (Å²) in [5.41, 5.74) is 0.545. The number of rotatable bonds is 21. The van der Waals surface area contributed by atoms with Crippen molar-refractivity contribution < 1.29 is 77.7 Å². The quantitative estimate of drug-likeness (QED) is 0.0797. The van der Waals surface area contributed by atoms with Crippen molar-refractivity contribution in [2.75, 3.05) is 62.4 Å². The van der Waals surface area contributed by atoms with Crippen molar-refractivity contribution in [3.05, 3.63) is 59.7 Å². The Morgan fingerprint density at radius 3 is 1.02 bits per heavy atom. The van der Waals surface area contributed by atoms with E-state index in [1.165, 1.54) is 48.5 Å². The SMILES string of the molecule is O=C(O)CN(CC(=O)O)c1ccc(C(=O)OCC(=O)OCCCCOC(=O)COC(=O)c2ccc(N(CC(=O)O)CC(=O)O)cc2)cc1. The van der Waals surface area contributed by atoms with Crippen molar-refractivity contribution in [2.45, 2.75) is 12.8 Å². The molecule has 0 fully saturated rings. The first kappa shape index (κ1) is 38.0. The highest BCUT2D eigenvalue weighted by Crippen LogP contribution is 2.17. The van der Waals surface area contributed by atoms with E-state index in [9.17, 15) is 38.4 Å². The van der Waals surface area contributed by atoms with Crippen LogP contribution in [0.5, 0.6) is 0 Å². The summed E-state index contributed by atoms with van der Waals surface area (Å²) in [6.07, 6.45) is 0.565. The second-order valence-electron chi connectivity index (χ2n) is 9.68. The largest absolute Gasteiger partial charge is 0.480 e. The monoisotopic (exact) mass is 676 g/mol. The number of nitrogens with zero attached hydrogens (tertiary/aromatic N) is 2. The molecule has 2 rings (SSSR count). The van der Waals surface area contributed by atoms with Crippen molar-refractivity contribution in [1.82, 2.24) is 0 Å². The van der Waals surface area contributed by atoms with Crippen LogP contribution in [0.2, 0.25) is 0 Å². The molecule has 4 N–H and O–H groups in total. The third-order valence-electron chi connectivity index (χ3n) is 5.95. The minimum Gasteiger partial charge on any atom is -0.480 e. The molecule has 18 nitrogen and oxygen atoms in total. The molecule has 2 aromatic carbocycles. The number of ether oxygens (including phenoxy) is 4. The van der Waals surface area contributed by atoms with E-state index in [4.69, 9.17) is 39.4 Å². The summed E-state index contributed by atoms with van der Waals surface area (Å²) >= 11 is 0. The average molecular weight is 677 g/mol. The Bertz CT molecular complexity index is 1330. The van der Waals surface area contributed by atoms with Gasteiger partial charge in [-0.3, -0.25) is 19.2 Å². The zero-order chi connectivity index (χ0) is 35.6. The van der Waals surface area contributed by atoms with Crippen molar-refractivity contribution in [2.24, 2.45) is 0 Å². The third-order valence-corrected chi connectivity index (χ3v) is 5.95. The van der Waals surface area contributed by atoms with Gasteiger partial charge in [-0.05, 0) is 61.4 Å². The molecule has 0 unspecified atom stereocenters. The van der Waals surface area contributed by atoms with E-state index in [-0.39, 0.29) is 48.6 Å². The second kappa shape index (κ2) is 19.3. The van der Waals surface area contributed by atoms with Crippen LogP contribution < -0.4 is 9.80 Å². The van der Waals surface area contributed by atoms with Gasteiger partial charge in [0, 0.05) is 11.4 Å². The van der Waals surface area contributed by atoms with Gasteiger partial charge in [0.05, 0.1) is 24.3 Å². The molecule has 0 amide bonds. The number of aliphatic carboxylic acids is 4. The molecule has 0 saturated heterocycles. The minimum atomic E-state index is -1.24. The van der Waals surface area contributed by atoms with Crippen LogP contribution in [-0.2, 0) is 47.7 Å². The fraction of sp³-hybridized carbons (Fsp3) is 0.333. The zero-order valence-corrected chi connectivity index (χ0v) is 25.3. The van der Waals surface area contributed by atoms with Gasteiger partial charge in [-0.1, -0.05) is 0 Å². The molecular formula is C30H32N2O16. The van der Waals surface area contributed by atoms with Gasteiger partial charge in [-0.2, -0.15) is 0 Å². The Morgan fingerprint density at radius 2 is 0.750 bits per heavy atom. The molecule has 0 aliphatic rings. The molecular weight excluding hydrogens is 644 g/mol. The summed E-state index contributed by atoms with van der Waals surface area (Å²) < 4.78 is 19.6. The van der Waals surface area contributed by atoms with Crippen LogP contribution in [0.15, 0.2) is 48.5 Å². The highest BCUT2D eigenvalue weighted by molar-refractivity contribution is 5.92. The van der Waals surface area contributed by atoms with Crippen molar-refractivity contribution in [3.8, 4) is 0 Å². The number of carboxylic acid groups (broad SMARTS) is 4. The van der Waals surface area contributed by atoms with Crippen LogP contribution in [0.25, 0.3) is 0 Å². The lowest BCUT2D eigenvalue weighted by Gasteiger charge is -2.20. The maximum atomic E-state index is 12.2. The summed E-state index contributed by atoms with van der Waals surface area (Å²) in [6.45, 7) is -3.84. The lowest BCUT2D eigenvalue weighted by molar-refractivity contribution is -0.149. The topological polar surface area (TPSA) is 261 Å². The fourth-order valence-electron chi connectivity index (χ4n) is 3.82. The summed E-state index contributed by atoms with van der Waals surface area (Å²) in [6, 6.07) is 10.5. The van der Waals surface area contributed by atoms with E-state index < -0.39 is 87.1 Å². The number of benzene rings is 2. The number of hydrogen-bond donors (Lipinski definition) is 4. The number of carboxylic acids is 4. The molecule has 0 aliphatic heterocycles. The zero-order valence-electron chi connectivity index (χ0n) is 25.3. The maximum absolute atomic E-state index is 12.2. The van der Waals surface area contributed by atoms with Crippen LogP contribution in [-0.4, -0.2) is 121 Å². The first-order valence-corrected chi connectivity index (χ1v) is 14.0. The predicted molar refractivity (Wildman–Crippen MR) is 160 cm³/mol. The molecule has 0 aromatic heterocycles. The molecule has 258 valence electrons. The average Bonchev–Trinajstić information content (AvgIpc) is 3.02. The third kappa shape index (κ3) is 14.3. The Morgan fingerprint density at radius 1 is 0.458 bits per heavy atom. The van der Waals surface area contributed by atoms with Gasteiger partial charge < -0.3 is 49.2 Å². The molecule has 0 heterocycles. The number of anilines is 2. The molecule has 0 saturated carbocycles. The standard InChI is InChI=1S/C30H32N2O16/c33-23(34)13-31(14-24(35)36)21-7-3-19(4-8-21)29(43)47-17-27(41)45-11-1-2-12-46-28(42)18-48-30(44)20-5-9-22(10-6-20)32(15-25(37)38)16-26(39)40/h3-10H,1-2,11-18H2,(H,33,34)(H,35,36)(H,37,38)(H,39,40). The van der Waals surface area contributed by atoms with Crippen LogP contribution in [0.3, 0.4) is 0 Å². The maximum Gasteiger partial charge on any atom is 0.344 e. The molecule has 0 aliphatic carbocycles. The van der Waals surface area contributed by atoms with Gasteiger partial charge in [-0.15, -0.1) is 0 Å². The van der Waals surface area contributed by atoms with Gasteiger partial charge in [0.25, 0.3) is 0 Å². The molecule has 18 heteroatoms. The molecule has 0 radical (unpaired) electrons. The van der Waals surface area contributed by atoms with Crippen molar-refractivity contribution >= 4 is 59.1 Å². The van der Waals surface area contributed by atoms with E-state index in [1.54, 1.807) is 0 Å². The van der Waals surface area contributed by atoms with Crippen molar-refractivity contribution in [3.63, 3.8) is 0 Å². The Hall–Kier alpha value is -6.20. The predicted octanol–water partition coefficient (Wildman–Crippen LogP) is 0.518. The fourth-order valence-corrected chi connectivity index (χ4v) is 3.82. The number of carbonyl (C=O) groups excluding carboxylic acids is 4. The highest BCUT2D eigenvalue weighted by Gasteiger charge is 2.18. The van der Waals surface area contributed by atoms with E-state index in [2.05, 4.69) is 0 Å². The first-order chi connectivity index (χ1) is 22.7. The summed E-state index contributed by atoms with van der Waals surface area (Å²) in [4.78, 5) is 94.2. The smallest absolute Gasteiger partial charge is 0.344 e. The van der Waals surface area contributed by atoms with Crippen LogP contribution in [0.1, 0.15) is 33.6 Å². The molecule has 0 atom stereocenters. The van der Waals surface area contributed by atoms with Gasteiger partial charge >= 0.3 is 47.8 Å². The molecule has 0 spiro atoms. The number of unbranched alkanes of at least 4 members (excludes halogenated alkanes) is 1. The normalized spacial score (nSPS) is 10.2. The van der Waals surface area contributed by atoms with E-state index >= 15 is 0 Å². The summed E-state index contributed by atoms with van der Waals surface area (Å²) in [7, 11) is 0.